The first kappa shape index (κ1) is 18.4. The van der Waals surface area contributed by atoms with E-state index >= 15 is 0 Å². The van der Waals surface area contributed by atoms with Crippen molar-refractivity contribution >= 4 is 5.91 Å². The molecule has 0 aliphatic carbocycles. The van der Waals surface area contributed by atoms with Gasteiger partial charge < -0.3 is 9.84 Å². The van der Waals surface area contributed by atoms with E-state index in [9.17, 15) is 4.79 Å². The van der Waals surface area contributed by atoms with E-state index in [0.29, 0.717) is 17.3 Å². The molecule has 1 fully saturated rings. The van der Waals surface area contributed by atoms with Crippen molar-refractivity contribution in [3.8, 4) is 11.4 Å². The van der Waals surface area contributed by atoms with E-state index in [4.69, 9.17) is 4.52 Å². The topological polar surface area (TPSA) is 71.3 Å². The van der Waals surface area contributed by atoms with Gasteiger partial charge in [0.25, 0.3) is 5.91 Å². The fourth-order valence-corrected chi connectivity index (χ4v) is 3.48. The van der Waals surface area contributed by atoms with Gasteiger partial charge in [-0.15, -0.1) is 0 Å². The van der Waals surface area contributed by atoms with Crippen LogP contribution in [0.1, 0.15) is 40.2 Å². The Balaban J connectivity index is 1.33. The van der Waals surface area contributed by atoms with Crippen molar-refractivity contribution in [1.82, 2.24) is 20.4 Å². The predicted molar refractivity (Wildman–Crippen MR) is 107 cm³/mol. The number of carbonyl (C=O) groups is 1. The fraction of sp³-hybridized carbons (Fsp3) is 0.318. The van der Waals surface area contributed by atoms with Gasteiger partial charge in [-0.05, 0) is 56.1 Å². The number of amides is 1. The van der Waals surface area contributed by atoms with Crippen molar-refractivity contribution in [1.29, 1.82) is 0 Å². The van der Waals surface area contributed by atoms with Gasteiger partial charge >= 0.3 is 0 Å². The summed E-state index contributed by atoms with van der Waals surface area (Å²) in [5.41, 5.74) is 3.87. The number of rotatable bonds is 6. The Morgan fingerprint density at radius 3 is 2.61 bits per heavy atom. The van der Waals surface area contributed by atoms with Gasteiger partial charge in [0.05, 0.1) is 6.54 Å². The van der Waals surface area contributed by atoms with Crippen LogP contribution in [-0.4, -0.2) is 34.0 Å². The van der Waals surface area contributed by atoms with Crippen molar-refractivity contribution in [2.75, 3.05) is 13.1 Å². The largest absolute Gasteiger partial charge is 0.343 e. The number of nitrogens with one attached hydrogen (secondary N) is 1. The Morgan fingerprint density at radius 1 is 1.11 bits per heavy atom. The minimum absolute atomic E-state index is 0.150. The Bertz CT molecular complexity index is 943. The maximum Gasteiger partial charge on any atom is 0.251 e. The highest BCUT2D eigenvalue weighted by molar-refractivity contribution is 5.94. The second-order valence-electron chi connectivity index (χ2n) is 7.19. The Morgan fingerprint density at radius 2 is 1.86 bits per heavy atom. The summed E-state index contributed by atoms with van der Waals surface area (Å²) in [6.07, 6.45) is 2.56. The third kappa shape index (κ3) is 4.28. The molecule has 1 aliphatic rings. The van der Waals surface area contributed by atoms with Crippen LogP contribution in [0, 0.1) is 6.92 Å². The van der Waals surface area contributed by atoms with E-state index in [2.05, 4.69) is 20.4 Å². The van der Waals surface area contributed by atoms with Crippen LogP contribution < -0.4 is 5.32 Å². The highest BCUT2D eigenvalue weighted by Gasteiger charge is 2.14. The molecule has 1 saturated heterocycles. The number of likely N-dealkylation sites (tertiary alicyclic amines) is 1. The molecular formula is C22H24N4O2. The summed E-state index contributed by atoms with van der Waals surface area (Å²) in [5.74, 6) is 0.772. The van der Waals surface area contributed by atoms with Crippen molar-refractivity contribution in [2.45, 2.75) is 32.9 Å². The van der Waals surface area contributed by atoms with Crippen LogP contribution in [0.15, 0.2) is 53.1 Å². The van der Waals surface area contributed by atoms with E-state index in [1.165, 1.54) is 18.4 Å². The highest BCUT2D eigenvalue weighted by Crippen LogP contribution is 2.19. The zero-order chi connectivity index (χ0) is 19.3. The van der Waals surface area contributed by atoms with E-state index in [1.54, 1.807) is 0 Å². The number of benzene rings is 2. The van der Waals surface area contributed by atoms with Crippen molar-refractivity contribution < 1.29 is 9.32 Å². The van der Waals surface area contributed by atoms with Gasteiger partial charge in [-0.1, -0.05) is 41.6 Å². The lowest BCUT2D eigenvalue weighted by molar-refractivity contribution is 0.0946. The molecular weight excluding hydrogens is 352 g/mol. The SMILES string of the molecule is Cc1ccccc1-c1noc(CNC(=O)c2ccc(CN3CCCC3)cc2)n1. The van der Waals surface area contributed by atoms with Crippen LogP contribution in [0.4, 0.5) is 0 Å². The molecule has 1 aliphatic heterocycles. The van der Waals surface area contributed by atoms with Crippen molar-refractivity contribution in [3.05, 3.63) is 71.1 Å². The molecule has 144 valence electrons. The average molecular weight is 376 g/mol. The minimum atomic E-state index is -0.150. The highest BCUT2D eigenvalue weighted by atomic mass is 16.5. The van der Waals surface area contributed by atoms with Crippen LogP contribution in [0.2, 0.25) is 0 Å². The van der Waals surface area contributed by atoms with Gasteiger partial charge in [0, 0.05) is 17.7 Å². The molecule has 0 bridgehead atoms. The molecule has 1 N–H and O–H groups in total. The molecule has 6 nitrogen and oxygen atoms in total. The smallest absolute Gasteiger partial charge is 0.251 e. The van der Waals surface area contributed by atoms with Crippen molar-refractivity contribution in [3.63, 3.8) is 0 Å². The first-order valence-corrected chi connectivity index (χ1v) is 9.67. The summed E-state index contributed by atoms with van der Waals surface area (Å²) in [7, 11) is 0. The molecule has 1 amide bonds. The molecule has 2 heterocycles. The summed E-state index contributed by atoms with van der Waals surface area (Å²) >= 11 is 0. The molecule has 0 spiro atoms. The summed E-state index contributed by atoms with van der Waals surface area (Å²) in [6, 6.07) is 15.6. The molecule has 28 heavy (non-hydrogen) atoms. The molecule has 2 aromatic carbocycles. The number of hydrogen-bond acceptors (Lipinski definition) is 5. The number of carbonyl (C=O) groups excluding carboxylic acids is 1. The standard InChI is InChI=1S/C22H24N4O2/c1-16-6-2-3-7-19(16)21-24-20(28-25-21)14-23-22(27)18-10-8-17(9-11-18)15-26-12-4-5-13-26/h2-3,6-11H,4-5,12-15H2,1H3,(H,23,27). The van der Waals surface area contributed by atoms with Crippen molar-refractivity contribution in [2.24, 2.45) is 0 Å². The van der Waals surface area contributed by atoms with Gasteiger partial charge in [-0.2, -0.15) is 4.98 Å². The monoisotopic (exact) mass is 376 g/mol. The molecule has 0 atom stereocenters. The third-order valence-electron chi connectivity index (χ3n) is 5.08. The summed E-state index contributed by atoms with van der Waals surface area (Å²) in [4.78, 5) is 19.2. The predicted octanol–water partition coefficient (Wildman–Crippen LogP) is 3.57. The lowest BCUT2D eigenvalue weighted by atomic mass is 10.1. The summed E-state index contributed by atoms with van der Waals surface area (Å²) in [5, 5.41) is 6.86. The fourth-order valence-electron chi connectivity index (χ4n) is 3.48. The van der Waals surface area contributed by atoms with Crippen LogP contribution in [0.3, 0.4) is 0 Å². The van der Waals surface area contributed by atoms with Crippen LogP contribution in [0.25, 0.3) is 11.4 Å². The molecule has 3 aromatic rings. The maximum absolute atomic E-state index is 12.4. The lowest BCUT2D eigenvalue weighted by Gasteiger charge is -2.14. The van der Waals surface area contributed by atoms with Crippen LogP contribution >= 0.6 is 0 Å². The van der Waals surface area contributed by atoms with Gasteiger partial charge in [-0.3, -0.25) is 9.69 Å². The number of aryl methyl sites for hydroxylation is 1. The van der Waals surface area contributed by atoms with Crippen LogP contribution in [-0.2, 0) is 13.1 Å². The zero-order valence-corrected chi connectivity index (χ0v) is 16.0. The second kappa shape index (κ2) is 8.35. The molecule has 0 saturated carbocycles. The van der Waals surface area contributed by atoms with Gasteiger partial charge in [0.2, 0.25) is 11.7 Å². The maximum atomic E-state index is 12.4. The molecule has 1 aromatic heterocycles. The van der Waals surface area contributed by atoms with Gasteiger partial charge in [0.15, 0.2) is 0 Å². The Kier molecular flexibility index (Phi) is 5.48. The average Bonchev–Trinajstić information content (AvgIpc) is 3.39. The molecule has 0 radical (unpaired) electrons. The van der Waals surface area contributed by atoms with E-state index < -0.39 is 0 Å². The first-order valence-electron chi connectivity index (χ1n) is 9.67. The van der Waals surface area contributed by atoms with Gasteiger partial charge in [-0.25, -0.2) is 0 Å². The Hall–Kier alpha value is -2.99. The van der Waals surface area contributed by atoms with E-state index in [1.807, 2.05) is 55.5 Å². The van der Waals surface area contributed by atoms with E-state index in [-0.39, 0.29) is 12.5 Å². The number of aromatic nitrogens is 2. The normalized spacial score (nSPS) is 14.3. The first-order chi connectivity index (χ1) is 13.7. The summed E-state index contributed by atoms with van der Waals surface area (Å²) < 4.78 is 5.27. The zero-order valence-electron chi connectivity index (χ0n) is 16.0. The second-order valence-corrected chi connectivity index (χ2v) is 7.19. The number of hydrogen-bond donors (Lipinski definition) is 1. The molecule has 6 heteroatoms. The van der Waals surface area contributed by atoms with E-state index in [0.717, 1.165) is 30.8 Å². The quantitative estimate of drug-likeness (QED) is 0.712. The summed E-state index contributed by atoms with van der Waals surface area (Å²) in [6.45, 7) is 5.48. The van der Waals surface area contributed by atoms with Gasteiger partial charge in [0.1, 0.15) is 0 Å². The molecule has 4 rings (SSSR count). The third-order valence-corrected chi connectivity index (χ3v) is 5.08. The lowest BCUT2D eigenvalue weighted by Crippen LogP contribution is -2.23. The minimum Gasteiger partial charge on any atom is -0.343 e. The number of nitrogens with zero attached hydrogens (tertiary/aromatic N) is 3. The van der Waals surface area contributed by atoms with Crippen LogP contribution in [0.5, 0.6) is 0 Å². The molecule has 0 unspecified atom stereocenters. The Labute approximate surface area is 164 Å².